The maximum Gasteiger partial charge on any atom is 0.165 e. The van der Waals surface area contributed by atoms with Crippen molar-refractivity contribution in [3.8, 4) is 0 Å². The molecule has 2 nitrogen and oxygen atoms in total. The van der Waals surface area contributed by atoms with Gasteiger partial charge in [-0.25, -0.2) is 0 Å². The number of hydrogen-bond acceptors (Lipinski definition) is 2. The van der Waals surface area contributed by atoms with E-state index in [1.807, 2.05) is 4.90 Å². The van der Waals surface area contributed by atoms with Gasteiger partial charge in [-0.3, -0.25) is 4.79 Å². The molecular weight excluding hydrogens is 114 g/mol. The number of carbonyl (C=O) groups excluding carboxylic acids is 1. The van der Waals surface area contributed by atoms with E-state index >= 15 is 0 Å². The monoisotopic (exact) mass is 125 g/mol. The molecule has 0 saturated carbocycles. The second kappa shape index (κ2) is 2.67. The molecule has 1 saturated heterocycles. The third-order valence-corrected chi connectivity index (χ3v) is 1.65. The third kappa shape index (κ3) is 1.31. The van der Waals surface area contributed by atoms with Crippen molar-refractivity contribution in [3.63, 3.8) is 0 Å². The van der Waals surface area contributed by atoms with Crippen molar-refractivity contribution in [2.75, 3.05) is 13.1 Å². The van der Waals surface area contributed by atoms with Crippen LogP contribution in [0.4, 0.5) is 0 Å². The summed E-state index contributed by atoms with van der Waals surface area (Å²) in [5, 5.41) is 0. The average Bonchev–Trinajstić information content (AvgIpc) is 2.37. The van der Waals surface area contributed by atoms with E-state index in [0.717, 1.165) is 19.4 Å². The molecule has 0 spiro atoms. The van der Waals surface area contributed by atoms with Crippen molar-refractivity contribution in [3.05, 3.63) is 12.3 Å². The fourth-order valence-corrected chi connectivity index (χ4v) is 1.08. The number of hydrogen-bond donors (Lipinski definition) is 0. The van der Waals surface area contributed by atoms with Crippen molar-refractivity contribution in [1.29, 1.82) is 0 Å². The van der Waals surface area contributed by atoms with Crippen molar-refractivity contribution in [2.24, 2.45) is 0 Å². The van der Waals surface area contributed by atoms with Gasteiger partial charge in [0, 0.05) is 13.1 Å². The van der Waals surface area contributed by atoms with Crippen LogP contribution in [0.5, 0.6) is 0 Å². The molecule has 0 aliphatic carbocycles. The van der Waals surface area contributed by atoms with Gasteiger partial charge in [0.1, 0.15) is 0 Å². The van der Waals surface area contributed by atoms with Crippen LogP contribution in [0.3, 0.4) is 0 Å². The summed E-state index contributed by atoms with van der Waals surface area (Å²) in [6.45, 7) is 5.64. The standard InChI is InChI=1S/C7H11NO/c1-7(6-9)8-4-2-3-5-8/h6H,1-5H2. The fraction of sp³-hybridized carbons (Fsp3) is 0.571. The van der Waals surface area contributed by atoms with Crippen molar-refractivity contribution in [2.45, 2.75) is 12.8 Å². The lowest BCUT2D eigenvalue weighted by Gasteiger charge is -2.14. The van der Waals surface area contributed by atoms with E-state index in [1.54, 1.807) is 0 Å². The molecule has 0 aromatic rings. The van der Waals surface area contributed by atoms with Gasteiger partial charge in [-0.05, 0) is 12.8 Å². The Morgan fingerprint density at radius 3 is 2.44 bits per heavy atom. The van der Waals surface area contributed by atoms with Crippen molar-refractivity contribution < 1.29 is 4.79 Å². The number of nitrogens with zero attached hydrogens (tertiary/aromatic N) is 1. The van der Waals surface area contributed by atoms with E-state index < -0.39 is 0 Å². The van der Waals surface area contributed by atoms with Gasteiger partial charge in [0.15, 0.2) is 6.29 Å². The smallest absolute Gasteiger partial charge is 0.165 e. The summed E-state index contributed by atoms with van der Waals surface area (Å²) in [4.78, 5) is 12.2. The largest absolute Gasteiger partial charge is 0.369 e. The van der Waals surface area contributed by atoms with E-state index in [9.17, 15) is 4.79 Å². The first-order chi connectivity index (χ1) is 4.34. The number of carbonyl (C=O) groups is 1. The molecule has 1 fully saturated rings. The maximum absolute atomic E-state index is 10.2. The lowest BCUT2D eigenvalue weighted by atomic mass is 10.4. The topological polar surface area (TPSA) is 20.3 Å². The molecular formula is C7H11NO. The SMILES string of the molecule is C=C(C=O)N1CCCC1. The van der Waals surface area contributed by atoms with E-state index in [2.05, 4.69) is 6.58 Å². The van der Waals surface area contributed by atoms with Crippen LogP contribution in [-0.2, 0) is 4.79 Å². The molecule has 1 heterocycles. The van der Waals surface area contributed by atoms with Crippen LogP contribution < -0.4 is 0 Å². The molecule has 0 N–H and O–H groups in total. The predicted molar refractivity (Wildman–Crippen MR) is 36.0 cm³/mol. The predicted octanol–water partition coefficient (Wildman–Crippen LogP) is 0.795. The van der Waals surface area contributed by atoms with E-state index in [1.165, 1.54) is 12.8 Å². The Hall–Kier alpha value is -0.790. The van der Waals surface area contributed by atoms with Crippen LogP contribution >= 0.6 is 0 Å². The fourth-order valence-electron chi connectivity index (χ4n) is 1.08. The highest BCUT2D eigenvalue weighted by Crippen LogP contribution is 2.10. The molecule has 1 rings (SSSR count). The zero-order chi connectivity index (χ0) is 6.69. The van der Waals surface area contributed by atoms with Gasteiger partial charge in [-0.2, -0.15) is 0 Å². The highest BCUT2D eigenvalue weighted by Gasteiger charge is 2.11. The first kappa shape index (κ1) is 6.33. The molecule has 50 valence electrons. The second-order valence-electron chi connectivity index (χ2n) is 2.30. The molecule has 0 bridgehead atoms. The number of likely N-dealkylation sites (tertiary alicyclic amines) is 1. The molecule has 0 atom stereocenters. The Morgan fingerprint density at radius 2 is 2.00 bits per heavy atom. The summed E-state index contributed by atoms with van der Waals surface area (Å²) in [6, 6.07) is 0. The molecule has 0 aromatic carbocycles. The van der Waals surface area contributed by atoms with Crippen LogP contribution in [0.2, 0.25) is 0 Å². The highest BCUT2D eigenvalue weighted by molar-refractivity contribution is 5.71. The number of rotatable bonds is 2. The minimum atomic E-state index is 0.632. The Kier molecular flexibility index (Phi) is 1.88. The summed E-state index contributed by atoms with van der Waals surface area (Å²) >= 11 is 0. The summed E-state index contributed by atoms with van der Waals surface area (Å²) in [5.41, 5.74) is 0.632. The van der Waals surface area contributed by atoms with Gasteiger partial charge in [0.2, 0.25) is 0 Å². The van der Waals surface area contributed by atoms with Gasteiger partial charge in [0.25, 0.3) is 0 Å². The van der Waals surface area contributed by atoms with Crippen LogP contribution in [-0.4, -0.2) is 24.3 Å². The molecule has 9 heavy (non-hydrogen) atoms. The highest BCUT2D eigenvalue weighted by atomic mass is 16.1. The van der Waals surface area contributed by atoms with Gasteiger partial charge >= 0.3 is 0 Å². The number of allylic oxidation sites excluding steroid dienone is 1. The van der Waals surface area contributed by atoms with Gasteiger partial charge in [-0.15, -0.1) is 0 Å². The zero-order valence-electron chi connectivity index (χ0n) is 5.47. The molecule has 1 aliphatic heterocycles. The summed E-state index contributed by atoms with van der Waals surface area (Å²) in [7, 11) is 0. The third-order valence-electron chi connectivity index (χ3n) is 1.65. The van der Waals surface area contributed by atoms with Gasteiger partial charge < -0.3 is 4.90 Å². The summed E-state index contributed by atoms with van der Waals surface area (Å²) < 4.78 is 0. The summed E-state index contributed by atoms with van der Waals surface area (Å²) in [5.74, 6) is 0. The van der Waals surface area contributed by atoms with Crippen LogP contribution in [0, 0.1) is 0 Å². The minimum absolute atomic E-state index is 0.632. The van der Waals surface area contributed by atoms with Crippen molar-refractivity contribution >= 4 is 6.29 Å². The van der Waals surface area contributed by atoms with Gasteiger partial charge in [-0.1, -0.05) is 6.58 Å². The summed E-state index contributed by atoms with van der Waals surface area (Å²) in [6.07, 6.45) is 3.23. The lowest BCUT2D eigenvalue weighted by Crippen LogP contribution is -2.18. The van der Waals surface area contributed by atoms with Crippen LogP contribution in [0.1, 0.15) is 12.8 Å². The second-order valence-corrected chi connectivity index (χ2v) is 2.30. The zero-order valence-corrected chi connectivity index (χ0v) is 5.47. The Balaban J connectivity index is 2.41. The van der Waals surface area contributed by atoms with Crippen LogP contribution in [0.15, 0.2) is 12.3 Å². The van der Waals surface area contributed by atoms with E-state index in [4.69, 9.17) is 0 Å². The molecule has 2 heteroatoms. The molecule has 0 amide bonds. The average molecular weight is 125 g/mol. The molecule has 1 aliphatic rings. The Morgan fingerprint density at radius 1 is 1.44 bits per heavy atom. The minimum Gasteiger partial charge on any atom is -0.369 e. The Labute approximate surface area is 55.2 Å². The number of aldehydes is 1. The van der Waals surface area contributed by atoms with Crippen molar-refractivity contribution in [1.82, 2.24) is 4.90 Å². The lowest BCUT2D eigenvalue weighted by molar-refractivity contribution is -0.106. The first-order valence-corrected chi connectivity index (χ1v) is 3.23. The van der Waals surface area contributed by atoms with Crippen LogP contribution in [0.25, 0.3) is 0 Å². The van der Waals surface area contributed by atoms with E-state index in [0.29, 0.717) is 5.70 Å². The molecule has 0 radical (unpaired) electrons. The van der Waals surface area contributed by atoms with E-state index in [-0.39, 0.29) is 0 Å². The molecule has 0 aromatic heterocycles. The normalized spacial score (nSPS) is 18.0. The Bertz CT molecular complexity index is 125. The van der Waals surface area contributed by atoms with Gasteiger partial charge in [0.05, 0.1) is 5.70 Å². The molecule has 0 unspecified atom stereocenters. The quantitative estimate of drug-likeness (QED) is 0.402. The maximum atomic E-state index is 10.2. The first-order valence-electron chi connectivity index (χ1n) is 3.23.